The van der Waals surface area contributed by atoms with Crippen molar-refractivity contribution in [3.8, 4) is 0 Å². The van der Waals surface area contributed by atoms with Crippen LogP contribution in [0.1, 0.15) is 5.56 Å². The quantitative estimate of drug-likeness (QED) is 0.642. The third kappa shape index (κ3) is 4.25. The second-order valence-corrected chi connectivity index (χ2v) is 2.08. The van der Waals surface area contributed by atoms with Gasteiger partial charge in [0, 0.05) is 32.3 Å². The van der Waals surface area contributed by atoms with E-state index in [0.29, 0.717) is 0 Å². The molecule has 0 aliphatic heterocycles. The van der Waals surface area contributed by atoms with E-state index in [0.717, 1.165) is 11.6 Å². The van der Waals surface area contributed by atoms with Gasteiger partial charge >= 0.3 is 5.97 Å². The molecule has 0 heterocycles. The van der Waals surface area contributed by atoms with Gasteiger partial charge in [-0.2, -0.15) is 0 Å². The van der Waals surface area contributed by atoms with Gasteiger partial charge in [0.25, 0.3) is 0 Å². The minimum Gasteiger partial charge on any atom is -0.478 e. The second-order valence-electron chi connectivity index (χ2n) is 2.08. The number of carboxylic acid groups (broad SMARTS) is 1. The Balaban J connectivity index is 0.00000121. The maximum atomic E-state index is 10.1. The molecule has 0 bridgehead atoms. The van der Waals surface area contributed by atoms with Gasteiger partial charge in [0.1, 0.15) is 0 Å². The van der Waals surface area contributed by atoms with Crippen LogP contribution in [-0.2, 0) is 4.79 Å². The molecule has 1 aromatic carbocycles. The van der Waals surface area contributed by atoms with Crippen LogP contribution in [0.15, 0.2) is 36.4 Å². The van der Waals surface area contributed by atoms with Crippen molar-refractivity contribution in [1.82, 2.24) is 0 Å². The maximum Gasteiger partial charge on any atom is 0.328 e. The largest absolute Gasteiger partial charge is 0.478 e. The van der Waals surface area contributed by atoms with Gasteiger partial charge in [-0.15, -0.1) is 0 Å². The Labute approximate surface area is 90.0 Å². The summed E-state index contributed by atoms with van der Waals surface area (Å²) in [6.07, 6.45) is 2.68. The summed E-state index contributed by atoms with van der Waals surface area (Å²) in [7, 11) is 0. The van der Waals surface area contributed by atoms with Gasteiger partial charge in [-0.1, -0.05) is 30.3 Å². The summed E-state index contributed by atoms with van der Waals surface area (Å²) in [6.45, 7) is 0. The van der Waals surface area contributed by atoms with Crippen LogP contribution >= 0.6 is 0 Å². The molecule has 0 spiro atoms. The Morgan fingerprint density at radius 1 is 1.25 bits per heavy atom. The minimum absolute atomic E-state index is 0. The molecular formula is C9H8BiO2. The van der Waals surface area contributed by atoms with Gasteiger partial charge < -0.3 is 5.11 Å². The molecule has 3 radical (unpaired) electrons. The number of benzene rings is 1. The third-order valence-electron chi connectivity index (χ3n) is 1.22. The Morgan fingerprint density at radius 2 is 1.83 bits per heavy atom. The predicted molar refractivity (Wildman–Crippen MR) is 48.9 cm³/mol. The standard InChI is InChI=1S/C9H8O2.Bi/c10-9(11)7-6-8-4-2-1-3-5-8;/h1-7H,(H,10,11);. The number of hydrogen-bond acceptors (Lipinski definition) is 1. The Morgan fingerprint density at radius 3 is 2.33 bits per heavy atom. The fourth-order valence-corrected chi connectivity index (χ4v) is 0.732. The third-order valence-corrected chi connectivity index (χ3v) is 1.22. The number of carboxylic acids is 1. The molecule has 0 amide bonds. The van der Waals surface area contributed by atoms with Crippen molar-refractivity contribution in [3.63, 3.8) is 0 Å². The minimum atomic E-state index is -0.922. The maximum absolute atomic E-state index is 10.1. The van der Waals surface area contributed by atoms with Crippen molar-refractivity contribution in [2.75, 3.05) is 0 Å². The SMILES string of the molecule is O=C(O)C=Cc1ccccc1.[Bi]. The molecule has 0 aliphatic rings. The first-order chi connectivity index (χ1) is 5.29. The molecule has 3 heteroatoms. The first kappa shape index (κ1) is 11.3. The Hall–Kier alpha value is -0.687. The van der Waals surface area contributed by atoms with Crippen molar-refractivity contribution in [3.05, 3.63) is 42.0 Å². The van der Waals surface area contributed by atoms with E-state index in [-0.39, 0.29) is 26.2 Å². The van der Waals surface area contributed by atoms with E-state index in [1.54, 1.807) is 6.08 Å². The number of rotatable bonds is 2. The molecule has 0 unspecified atom stereocenters. The van der Waals surface area contributed by atoms with Crippen molar-refractivity contribution in [1.29, 1.82) is 0 Å². The van der Waals surface area contributed by atoms with Crippen molar-refractivity contribution in [2.45, 2.75) is 0 Å². The van der Waals surface area contributed by atoms with Crippen LogP contribution in [0.3, 0.4) is 0 Å². The summed E-state index contributed by atoms with van der Waals surface area (Å²) in [5, 5.41) is 8.29. The number of hydrogen-bond donors (Lipinski definition) is 1. The summed E-state index contributed by atoms with van der Waals surface area (Å²) in [6, 6.07) is 9.31. The normalized spacial score (nSPS) is 9.33. The van der Waals surface area contributed by atoms with Crippen molar-refractivity contribution >= 4 is 38.2 Å². The van der Waals surface area contributed by atoms with Gasteiger partial charge in [0.2, 0.25) is 0 Å². The van der Waals surface area contributed by atoms with E-state index in [4.69, 9.17) is 5.11 Å². The van der Waals surface area contributed by atoms with Crippen molar-refractivity contribution in [2.24, 2.45) is 0 Å². The van der Waals surface area contributed by atoms with E-state index in [9.17, 15) is 4.79 Å². The topological polar surface area (TPSA) is 37.3 Å². The summed E-state index contributed by atoms with van der Waals surface area (Å²) in [5.41, 5.74) is 0.898. The molecule has 0 aliphatic carbocycles. The zero-order valence-corrected chi connectivity index (χ0v) is 9.82. The summed E-state index contributed by atoms with van der Waals surface area (Å²) < 4.78 is 0. The van der Waals surface area contributed by atoms with E-state index in [2.05, 4.69) is 0 Å². The van der Waals surface area contributed by atoms with Crippen LogP contribution in [-0.4, -0.2) is 37.3 Å². The monoisotopic (exact) mass is 357 g/mol. The van der Waals surface area contributed by atoms with Gasteiger partial charge in [-0.3, -0.25) is 0 Å². The molecule has 0 saturated carbocycles. The Kier molecular flexibility index (Phi) is 5.56. The molecule has 0 aromatic heterocycles. The van der Waals surface area contributed by atoms with Gasteiger partial charge in [0.05, 0.1) is 0 Å². The molecular weight excluding hydrogens is 349 g/mol. The average Bonchev–Trinajstić information content (AvgIpc) is 2.03. The summed E-state index contributed by atoms with van der Waals surface area (Å²) >= 11 is 0. The first-order valence-corrected chi connectivity index (χ1v) is 3.25. The fraction of sp³-hybridized carbons (Fsp3) is 0. The predicted octanol–water partition coefficient (Wildman–Crippen LogP) is 1.40. The van der Waals surface area contributed by atoms with Crippen LogP contribution in [0, 0.1) is 0 Å². The second kappa shape index (κ2) is 5.90. The van der Waals surface area contributed by atoms with E-state index < -0.39 is 5.97 Å². The van der Waals surface area contributed by atoms with E-state index in [1.165, 1.54) is 0 Å². The zero-order valence-electron chi connectivity index (χ0n) is 6.34. The first-order valence-electron chi connectivity index (χ1n) is 3.25. The zero-order chi connectivity index (χ0) is 8.10. The number of aliphatic carboxylic acids is 1. The van der Waals surface area contributed by atoms with Gasteiger partial charge in [-0.05, 0) is 11.6 Å². The Bertz CT molecular complexity index is 267. The number of carbonyl (C=O) groups is 1. The summed E-state index contributed by atoms with van der Waals surface area (Å²) in [4.78, 5) is 10.1. The van der Waals surface area contributed by atoms with Gasteiger partial charge in [0.15, 0.2) is 0 Å². The van der Waals surface area contributed by atoms with Crippen LogP contribution in [0.4, 0.5) is 0 Å². The molecule has 1 aromatic rings. The molecule has 0 fully saturated rings. The average molecular weight is 357 g/mol. The molecule has 61 valence electrons. The van der Waals surface area contributed by atoms with E-state index >= 15 is 0 Å². The molecule has 0 saturated heterocycles. The van der Waals surface area contributed by atoms with Crippen LogP contribution in [0.5, 0.6) is 0 Å². The molecule has 0 atom stereocenters. The van der Waals surface area contributed by atoms with Crippen molar-refractivity contribution < 1.29 is 9.90 Å². The molecule has 1 rings (SSSR count). The van der Waals surface area contributed by atoms with E-state index in [1.807, 2.05) is 30.3 Å². The van der Waals surface area contributed by atoms with Crippen LogP contribution in [0.25, 0.3) is 6.08 Å². The summed E-state index contributed by atoms with van der Waals surface area (Å²) in [5.74, 6) is -0.922. The van der Waals surface area contributed by atoms with Gasteiger partial charge in [-0.25, -0.2) is 4.79 Å². The fourth-order valence-electron chi connectivity index (χ4n) is 0.732. The smallest absolute Gasteiger partial charge is 0.328 e. The van der Waals surface area contributed by atoms with Crippen LogP contribution in [0.2, 0.25) is 0 Å². The molecule has 2 nitrogen and oxygen atoms in total. The van der Waals surface area contributed by atoms with Crippen LogP contribution < -0.4 is 0 Å². The molecule has 1 N–H and O–H groups in total. The molecule has 12 heavy (non-hydrogen) atoms.